The Morgan fingerprint density at radius 1 is 1.11 bits per heavy atom. The van der Waals surface area contributed by atoms with Gasteiger partial charge in [-0.2, -0.15) is 0 Å². The number of urea groups is 1. The maximum Gasteiger partial charge on any atom is 0.323 e. The van der Waals surface area contributed by atoms with Crippen LogP contribution in [0, 0.1) is 0 Å². The maximum absolute atomic E-state index is 12.6. The number of nitrogen functional groups attached to an aromatic ring is 1. The molecule has 9 heteroatoms. The number of fused-ring (bicyclic) bond motifs is 2. The molecule has 0 saturated heterocycles. The number of anilines is 3. The Kier molecular flexibility index (Phi) is 5.77. The summed E-state index contributed by atoms with van der Waals surface area (Å²) < 4.78 is 3.24. The third kappa shape index (κ3) is 4.15. The third-order valence-corrected chi connectivity index (χ3v) is 7.88. The summed E-state index contributed by atoms with van der Waals surface area (Å²) >= 11 is 1.57. The largest absolute Gasteiger partial charge is 0.383 e. The molecule has 8 nitrogen and oxygen atoms in total. The zero-order chi connectivity index (χ0) is 24.6. The zero-order valence-electron chi connectivity index (χ0n) is 20.0. The van der Waals surface area contributed by atoms with Gasteiger partial charge < -0.3 is 20.9 Å². The Labute approximate surface area is 212 Å². The quantitative estimate of drug-likeness (QED) is 0.253. The zero-order valence-corrected chi connectivity index (χ0v) is 20.8. The lowest BCUT2D eigenvalue weighted by atomic mass is 10.1. The lowest BCUT2D eigenvalue weighted by Gasteiger charge is -2.12. The fraction of sp³-hybridized carbons (Fsp3) is 0.259. The van der Waals surface area contributed by atoms with Crippen LogP contribution in [0.3, 0.4) is 0 Å². The second-order valence-electron chi connectivity index (χ2n) is 9.18. The van der Waals surface area contributed by atoms with Crippen LogP contribution in [-0.4, -0.2) is 25.6 Å². The van der Waals surface area contributed by atoms with E-state index in [2.05, 4.69) is 38.3 Å². The topological polar surface area (TPSA) is 111 Å². The first-order valence-corrected chi connectivity index (χ1v) is 13.1. The number of hydrogen-bond acceptors (Lipinski definition) is 6. The number of nitrogens with one attached hydrogen (secondary N) is 2. The van der Waals surface area contributed by atoms with Crippen molar-refractivity contribution in [1.29, 1.82) is 0 Å². The van der Waals surface area contributed by atoms with Gasteiger partial charge in [-0.05, 0) is 55.2 Å². The van der Waals surface area contributed by atoms with Gasteiger partial charge in [-0.1, -0.05) is 31.9 Å². The van der Waals surface area contributed by atoms with Gasteiger partial charge in [0.2, 0.25) is 0 Å². The Bertz CT molecular complexity index is 1580. The van der Waals surface area contributed by atoms with Crippen molar-refractivity contribution in [1.82, 2.24) is 19.5 Å². The molecule has 182 valence electrons. The lowest BCUT2D eigenvalue weighted by molar-refractivity contribution is 0.262. The van der Waals surface area contributed by atoms with Crippen molar-refractivity contribution in [2.24, 2.45) is 0 Å². The first-order chi connectivity index (χ1) is 17.6. The lowest BCUT2D eigenvalue weighted by Crippen LogP contribution is -2.19. The molecule has 4 N–H and O–H groups in total. The number of thiazole rings is 1. The van der Waals surface area contributed by atoms with Crippen LogP contribution in [0.5, 0.6) is 0 Å². The summed E-state index contributed by atoms with van der Waals surface area (Å²) in [5.74, 6) is 0.470. The van der Waals surface area contributed by atoms with E-state index in [0.717, 1.165) is 56.8 Å². The molecule has 0 atom stereocenters. The fourth-order valence-electron chi connectivity index (χ4n) is 5.01. The molecule has 2 aromatic carbocycles. The molecule has 1 fully saturated rings. The molecule has 1 saturated carbocycles. The van der Waals surface area contributed by atoms with Crippen LogP contribution in [0.25, 0.3) is 31.8 Å². The molecule has 1 aliphatic carbocycles. The van der Waals surface area contributed by atoms with Gasteiger partial charge in [-0.15, -0.1) is 11.3 Å². The summed E-state index contributed by atoms with van der Waals surface area (Å²) in [7, 11) is 0. The van der Waals surface area contributed by atoms with E-state index in [1.165, 1.54) is 24.7 Å². The number of benzene rings is 2. The average Bonchev–Trinajstić information content (AvgIpc) is 3.62. The summed E-state index contributed by atoms with van der Waals surface area (Å²) in [4.78, 5) is 26.3. The first-order valence-electron chi connectivity index (χ1n) is 12.3. The number of aryl methyl sites for hydroxylation is 1. The highest BCUT2D eigenvalue weighted by Crippen LogP contribution is 2.41. The Hall–Kier alpha value is -3.98. The van der Waals surface area contributed by atoms with Crippen molar-refractivity contribution >= 4 is 55.8 Å². The van der Waals surface area contributed by atoms with Crippen LogP contribution >= 0.6 is 11.3 Å². The summed E-state index contributed by atoms with van der Waals surface area (Å²) in [5, 5.41) is 7.56. The minimum Gasteiger partial charge on any atom is -0.383 e. The minimum absolute atomic E-state index is 0.281. The van der Waals surface area contributed by atoms with E-state index in [9.17, 15) is 4.79 Å². The van der Waals surface area contributed by atoms with Crippen LogP contribution in [-0.2, 0) is 6.42 Å². The molecule has 6 rings (SSSR count). The molecule has 5 aromatic rings. The second kappa shape index (κ2) is 9.23. The van der Waals surface area contributed by atoms with Crippen LogP contribution in [0.4, 0.5) is 22.0 Å². The van der Waals surface area contributed by atoms with E-state index in [1.807, 2.05) is 42.5 Å². The van der Waals surface area contributed by atoms with E-state index in [-0.39, 0.29) is 6.03 Å². The van der Waals surface area contributed by atoms with Gasteiger partial charge in [-0.3, -0.25) is 0 Å². The predicted octanol–water partition coefficient (Wildman–Crippen LogP) is 6.61. The molecule has 0 unspecified atom stereocenters. The van der Waals surface area contributed by atoms with E-state index in [1.54, 1.807) is 11.3 Å². The number of carbonyl (C=O) groups is 1. The Morgan fingerprint density at radius 3 is 2.72 bits per heavy atom. The molecule has 0 radical (unpaired) electrons. The fourth-order valence-corrected chi connectivity index (χ4v) is 6.03. The molecular formula is C27H27N7OS. The van der Waals surface area contributed by atoms with Crippen LogP contribution < -0.4 is 16.4 Å². The van der Waals surface area contributed by atoms with E-state index >= 15 is 0 Å². The van der Waals surface area contributed by atoms with Gasteiger partial charge in [0.1, 0.15) is 22.8 Å². The highest BCUT2D eigenvalue weighted by molar-refractivity contribution is 7.21. The average molecular weight is 498 g/mol. The summed E-state index contributed by atoms with van der Waals surface area (Å²) in [5.41, 5.74) is 11.7. The SMILES string of the molecule is CCc1cccc(NC(=O)Nc2ccc3nc(-c4cn(C5CCCC5)c5ncnc(N)c45)sc3c2)c1. The minimum atomic E-state index is -0.281. The van der Waals surface area contributed by atoms with Crippen molar-refractivity contribution in [3.8, 4) is 10.6 Å². The monoisotopic (exact) mass is 497 g/mol. The number of amides is 2. The van der Waals surface area contributed by atoms with Crippen molar-refractivity contribution in [2.45, 2.75) is 45.1 Å². The van der Waals surface area contributed by atoms with Gasteiger partial charge in [0.25, 0.3) is 0 Å². The van der Waals surface area contributed by atoms with Gasteiger partial charge in [0.15, 0.2) is 0 Å². The van der Waals surface area contributed by atoms with Crippen molar-refractivity contribution in [3.63, 3.8) is 0 Å². The number of nitrogens with two attached hydrogens (primary N) is 1. The summed E-state index contributed by atoms with van der Waals surface area (Å²) in [6, 6.07) is 13.8. The second-order valence-corrected chi connectivity index (χ2v) is 10.2. The van der Waals surface area contributed by atoms with Crippen LogP contribution in [0.2, 0.25) is 0 Å². The van der Waals surface area contributed by atoms with Gasteiger partial charge in [0, 0.05) is 29.2 Å². The molecule has 36 heavy (non-hydrogen) atoms. The summed E-state index contributed by atoms with van der Waals surface area (Å²) in [6.07, 6.45) is 9.34. The van der Waals surface area contributed by atoms with Crippen LogP contribution in [0.1, 0.15) is 44.2 Å². The molecule has 3 aromatic heterocycles. The smallest absolute Gasteiger partial charge is 0.323 e. The maximum atomic E-state index is 12.6. The Balaban J connectivity index is 1.30. The molecule has 0 spiro atoms. The van der Waals surface area contributed by atoms with Gasteiger partial charge in [-0.25, -0.2) is 19.7 Å². The highest BCUT2D eigenvalue weighted by Gasteiger charge is 2.24. The van der Waals surface area contributed by atoms with E-state index in [0.29, 0.717) is 17.5 Å². The van der Waals surface area contributed by atoms with E-state index < -0.39 is 0 Å². The number of aromatic nitrogens is 4. The van der Waals surface area contributed by atoms with E-state index in [4.69, 9.17) is 10.7 Å². The highest BCUT2D eigenvalue weighted by atomic mass is 32.1. The Morgan fingerprint density at radius 2 is 1.92 bits per heavy atom. The molecule has 3 heterocycles. The van der Waals surface area contributed by atoms with Gasteiger partial charge in [0.05, 0.1) is 15.6 Å². The summed E-state index contributed by atoms with van der Waals surface area (Å²) in [6.45, 7) is 2.09. The number of hydrogen-bond donors (Lipinski definition) is 3. The molecule has 2 amide bonds. The van der Waals surface area contributed by atoms with Gasteiger partial charge >= 0.3 is 6.03 Å². The first kappa shape index (κ1) is 22.5. The number of nitrogens with zero attached hydrogens (tertiary/aromatic N) is 4. The predicted molar refractivity (Wildman–Crippen MR) is 147 cm³/mol. The third-order valence-electron chi connectivity index (χ3n) is 6.83. The molecule has 0 aliphatic heterocycles. The molecular weight excluding hydrogens is 470 g/mol. The molecule has 1 aliphatic rings. The van der Waals surface area contributed by atoms with Crippen LogP contribution in [0.15, 0.2) is 55.0 Å². The standard InChI is InChI=1S/C27H27N7OS/c1-2-16-6-5-7-17(12-16)31-27(35)32-18-10-11-21-22(13-18)36-26(33-21)20-14-34(19-8-3-4-9-19)25-23(20)24(28)29-15-30-25/h5-7,10-15,19H,2-4,8-9H2,1H3,(H2,28,29,30)(H2,31,32,35). The number of rotatable bonds is 5. The number of carbonyl (C=O) groups excluding carboxylic acids is 1. The van der Waals surface area contributed by atoms with Crippen molar-refractivity contribution < 1.29 is 4.79 Å². The van der Waals surface area contributed by atoms with Crippen molar-refractivity contribution in [3.05, 3.63) is 60.6 Å². The molecule has 0 bridgehead atoms. The normalized spacial score (nSPS) is 14.0. The van der Waals surface area contributed by atoms with Crippen molar-refractivity contribution in [2.75, 3.05) is 16.4 Å².